The van der Waals surface area contributed by atoms with E-state index in [1.54, 1.807) is 0 Å². The third kappa shape index (κ3) is 34.5. The summed E-state index contributed by atoms with van der Waals surface area (Å²) in [6.45, 7) is 12.1. The van der Waals surface area contributed by atoms with E-state index in [-0.39, 0.29) is 45.5 Å². The summed E-state index contributed by atoms with van der Waals surface area (Å²) in [5.74, 6) is 0. The van der Waals surface area contributed by atoms with Gasteiger partial charge in [-0.25, -0.2) is 0 Å². The van der Waals surface area contributed by atoms with Gasteiger partial charge < -0.3 is 10.6 Å². The number of nitrogens with zero attached hydrogens (tertiary/aromatic N) is 2. The number of hydrogen-bond donors (Lipinski definition) is 0. The molecule has 64 valence electrons. The number of hydrogen-bond acceptors (Lipinski definition) is 0. The summed E-state index contributed by atoms with van der Waals surface area (Å²) in [7, 11) is 0. The van der Waals surface area contributed by atoms with Crippen LogP contribution in [0.15, 0.2) is 0 Å². The first kappa shape index (κ1) is 18.2. The molecule has 0 spiro atoms. The van der Waals surface area contributed by atoms with Crippen LogP contribution >= 0.6 is 0 Å². The molecule has 0 saturated carbocycles. The zero-order valence-electron chi connectivity index (χ0n) is 8.43. The fraction of sp³-hybridized carbons (Fsp3) is 1.00. The van der Waals surface area contributed by atoms with Crippen molar-refractivity contribution in [1.29, 1.82) is 0 Å². The molecule has 0 radical (unpaired) electrons. The maximum absolute atomic E-state index is 3.97. The number of rotatable bonds is 4. The molecular weight excluding hydrogens is 212 g/mol. The van der Waals surface area contributed by atoms with E-state index in [0.29, 0.717) is 0 Å². The Morgan fingerprint density at radius 2 is 0.818 bits per heavy atom. The molecule has 0 aromatic carbocycles. The summed E-state index contributed by atoms with van der Waals surface area (Å²) in [6, 6.07) is 0. The molecule has 0 aromatic rings. The molecule has 0 saturated heterocycles. The van der Waals surface area contributed by atoms with Crippen LogP contribution in [0.3, 0.4) is 0 Å². The smallest absolute Gasteiger partial charge is 0.663 e. The molecule has 0 aliphatic carbocycles. The van der Waals surface area contributed by atoms with Crippen molar-refractivity contribution in [1.82, 2.24) is 0 Å². The third-order valence-electron chi connectivity index (χ3n) is 0.894. The average molecular weight is 232 g/mol. The molecule has 0 amide bonds. The first-order valence-electron chi connectivity index (χ1n) is 4.09. The van der Waals surface area contributed by atoms with Gasteiger partial charge >= 0.3 is 45.5 Å². The molecule has 0 N–H and O–H groups in total. The van der Waals surface area contributed by atoms with Crippen molar-refractivity contribution in [2.45, 2.75) is 27.7 Å². The van der Waals surface area contributed by atoms with Gasteiger partial charge in [0.1, 0.15) is 0 Å². The van der Waals surface area contributed by atoms with Crippen LogP contribution in [0.25, 0.3) is 10.6 Å². The van der Waals surface area contributed by atoms with Crippen molar-refractivity contribution >= 4 is 45.5 Å². The van der Waals surface area contributed by atoms with E-state index < -0.39 is 0 Å². The van der Waals surface area contributed by atoms with Crippen LogP contribution in [0.2, 0.25) is 0 Å². The second-order valence-corrected chi connectivity index (χ2v) is 1.71. The van der Waals surface area contributed by atoms with Crippen molar-refractivity contribution in [2.75, 3.05) is 26.2 Å². The van der Waals surface area contributed by atoms with Gasteiger partial charge in [0.05, 0.1) is 0 Å². The van der Waals surface area contributed by atoms with Gasteiger partial charge in [0, 0.05) is 0 Å². The molecule has 0 bridgehead atoms. The van der Waals surface area contributed by atoms with Gasteiger partial charge in [0.15, 0.2) is 0 Å². The van der Waals surface area contributed by atoms with Crippen LogP contribution in [-0.2, 0) is 0 Å². The summed E-state index contributed by atoms with van der Waals surface area (Å²) in [4.78, 5) is 0. The van der Waals surface area contributed by atoms with Crippen LogP contribution < -0.4 is 0 Å². The first-order chi connectivity index (χ1) is 4.83. The average Bonchev–Trinajstić information content (AvgIpc) is 1.93. The summed E-state index contributed by atoms with van der Waals surface area (Å²) in [6.07, 6.45) is 0. The van der Waals surface area contributed by atoms with E-state index in [0.717, 1.165) is 26.2 Å². The SMILES string of the molecule is CC[N-]CC.CC[N-]CC.[Sr+2]. The van der Waals surface area contributed by atoms with Gasteiger partial charge in [-0.3, -0.25) is 0 Å². The molecule has 0 atom stereocenters. The van der Waals surface area contributed by atoms with E-state index in [1.807, 2.05) is 27.7 Å². The van der Waals surface area contributed by atoms with Gasteiger partial charge in [-0.1, -0.05) is 27.7 Å². The Hall–Kier alpha value is 1.40. The normalized spacial score (nSPS) is 7.64. The van der Waals surface area contributed by atoms with E-state index in [2.05, 4.69) is 10.6 Å². The Bertz CT molecular complexity index is 33.1. The Morgan fingerprint density at radius 1 is 0.636 bits per heavy atom. The predicted molar refractivity (Wildman–Crippen MR) is 54.6 cm³/mol. The standard InChI is InChI=1S/2C4H10N.Sr/c2*1-3-5-4-2;/h2*3-4H2,1-2H3;/q2*-1;+2. The second kappa shape index (κ2) is 22.5. The van der Waals surface area contributed by atoms with Crippen LogP contribution in [0.5, 0.6) is 0 Å². The van der Waals surface area contributed by atoms with E-state index in [4.69, 9.17) is 0 Å². The Morgan fingerprint density at radius 3 is 0.818 bits per heavy atom. The quantitative estimate of drug-likeness (QED) is 0.665. The summed E-state index contributed by atoms with van der Waals surface area (Å²) >= 11 is 0. The zero-order valence-corrected chi connectivity index (χ0v) is 11.9. The molecule has 0 heterocycles. The van der Waals surface area contributed by atoms with Crippen molar-refractivity contribution in [3.05, 3.63) is 10.6 Å². The van der Waals surface area contributed by atoms with E-state index in [1.165, 1.54) is 0 Å². The Labute approximate surface area is 109 Å². The summed E-state index contributed by atoms with van der Waals surface area (Å²) < 4.78 is 0. The largest absolute Gasteiger partial charge is 2.00 e. The Kier molecular flexibility index (Phi) is 37.3. The van der Waals surface area contributed by atoms with Gasteiger partial charge in [-0.15, -0.1) is 0 Å². The molecule has 11 heavy (non-hydrogen) atoms. The van der Waals surface area contributed by atoms with Crippen LogP contribution in [0.1, 0.15) is 27.7 Å². The van der Waals surface area contributed by atoms with Crippen molar-refractivity contribution in [3.8, 4) is 0 Å². The van der Waals surface area contributed by atoms with Crippen LogP contribution in [-0.4, -0.2) is 71.7 Å². The minimum absolute atomic E-state index is 0. The zero-order chi connectivity index (χ0) is 8.24. The molecule has 0 fully saturated rings. The maximum Gasteiger partial charge on any atom is 2.00 e. The first-order valence-corrected chi connectivity index (χ1v) is 4.09. The monoisotopic (exact) mass is 232 g/mol. The molecule has 3 heteroatoms. The van der Waals surface area contributed by atoms with Crippen molar-refractivity contribution in [3.63, 3.8) is 0 Å². The fourth-order valence-corrected chi connectivity index (χ4v) is 0.447. The summed E-state index contributed by atoms with van der Waals surface area (Å²) in [5, 5.41) is 7.94. The molecular formula is C8H20N2Sr. The van der Waals surface area contributed by atoms with E-state index >= 15 is 0 Å². The topological polar surface area (TPSA) is 28.2 Å². The van der Waals surface area contributed by atoms with Gasteiger partial charge in [0.25, 0.3) is 0 Å². The molecule has 0 rings (SSSR count). The molecule has 0 aromatic heterocycles. The summed E-state index contributed by atoms with van der Waals surface area (Å²) in [5.41, 5.74) is 0. The van der Waals surface area contributed by atoms with Crippen molar-refractivity contribution in [2.24, 2.45) is 0 Å². The maximum atomic E-state index is 3.97. The molecule has 0 unspecified atom stereocenters. The van der Waals surface area contributed by atoms with E-state index in [9.17, 15) is 0 Å². The minimum Gasteiger partial charge on any atom is -0.663 e. The minimum atomic E-state index is 0. The van der Waals surface area contributed by atoms with Gasteiger partial charge in [-0.05, 0) is 0 Å². The third-order valence-corrected chi connectivity index (χ3v) is 0.894. The Balaban J connectivity index is -0.000000107. The van der Waals surface area contributed by atoms with Crippen LogP contribution in [0, 0.1) is 0 Å². The fourth-order valence-electron chi connectivity index (χ4n) is 0.447. The predicted octanol–water partition coefficient (Wildman–Crippen LogP) is 2.42. The second-order valence-electron chi connectivity index (χ2n) is 1.71. The van der Waals surface area contributed by atoms with Crippen LogP contribution in [0.4, 0.5) is 0 Å². The molecule has 0 aliphatic heterocycles. The van der Waals surface area contributed by atoms with Gasteiger partial charge in [-0.2, -0.15) is 26.2 Å². The molecule has 0 aliphatic rings. The molecule has 2 nitrogen and oxygen atoms in total. The van der Waals surface area contributed by atoms with Crippen molar-refractivity contribution < 1.29 is 0 Å². The van der Waals surface area contributed by atoms with Gasteiger partial charge in [0.2, 0.25) is 0 Å².